The molecule has 108 valence electrons. The van der Waals surface area contributed by atoms with Gasteiger partial charge in [0.25, 0.3) is 0 Å². The zero-order valence-corrected chi connectivity index (χ0v) is 13.1. The molecule has 2 rings (SSSR count). The Bertz CT molecular complexity index is 403. The fourth-order valence-corrected chi connectivity index (χ4v) is 3.93. The van der Waals surface area contributed by atoms with Crippen LogP contribution in [0.25, 0.3) is 0 Å². The lowest BCUT2D eigenvalue weighted by Gasteiger charge is -2.30. The number of hydrogen-bond acceptors (Lipinski definition) is 4. The summed E-state index contributed by atoms with van der Waals surface area (Å²) >= 11 is 1.88. The van der Waals surface area contributed by atoms with Crippen molar-refractivity contribution >= 4 is 11.3 Å². The molecular formula is C15H26N2OS. The van der Waals surface area contributed by atoms with Crippen molar-refractivity contribution in [1.82, 2.24) is 10.3 Å². The molecule has 0 spiro atoms. The van der Waals surface area contributed by atoms with Crippen LogP contribution in [0.15, 0.2) is 0 Å². The Kier molecular flexibility index (Phi) is 5.37. The predicted molar refractivity (Wildman–Crippen MR) is 80.6 cm³/mol. The smallest absolute Gasteiger partial charge is 0.0928 e. The summed E-state index contributed by atoms with van der Waals surface area (Å²) in [6.07, 6.45) is 5.43. The van der Waals surface area contributed by atoms with E-state index in [2.05, 4.69) is 26.1 Å². The molecule has 1 heterocycles. The Hall–Kier alpha value is -0.450. The summed E-state index contributed by atoms with van der Waals surface area (Å²) in [6, 6.07) is 0.841. The minimum absolute atomic E-state index is 0.262. The van der Waals surface area contributed by atoms with Crippen molar-refractivity contribution in [2.24, 2.45) is 5.92 Å². The summed E-state index contributed by atoms with van der Waals surface area (Å²) in [4.78, 5) is 6.20. The quantitative estimate of drug-likeness (QED) is 0.843. The number of nitrogens with one attached hydrogen (secondary N) is 1. The van der Waals surface area contributed by atoms with Crippen molar-refractivity contribution in [1.29, 1.82) is 0 Å². The highest BCUT2D eigenvalue weighted by Gasteiger charge is 2.27. The Morgan fingerprint density at radius 2 is 2.26 bits per heavy atom. The van der Waals surface area contributed by atoms with Gasteiger partial charge >= 0.3 is 0 Å². The Balaban J connectivity index is 2.11. The zero-order valence-electron chi connectivity index (χ0n) is 12.3. The number of aryl methyl sites for hydroxylation is 2. The summed E-state index contributed by atoms with van der Waals surface area (Å²) in [5.41, 5.74) is 1.32. The maximum atomic E-state index is 9.20. The van der Waals surface area contributed by atoms with Gasteiger partial charge in [0.1, 0.15) is 0 Å². The molecule has 0 saturated carbocycles. The van der Waals surface area contributed by atoms with Gasteiger partial charge in [0.15, 0.2) is 0 Å². The largest absolute Gasteiger partial charge is 0.396 e. The molecule has 0 fully saturated rings. The molecule has 0 aromatic carbocycles. The van der Waals surface area contributed by atoms with Crippen molar-refractivity contribution in [3.63, 3.8) is 0 Å². The Morgan fingerprint density at radius 3 is 2.89 bits per heavy atom. The topological polar surface area (TPSA) is 45.2 Å². The second kappa shape index (κ2) is 6.82. The molecule has 1 aliphatic rings. The van der Waals surface area contributed by atoms with Gasteiger partial charge in [-0.25, -0.2) is 4.98 Å². The van der Waals surface area contributed by atoms with E-state index in [1.807, 2.05) is 11.3 Å². The first kappa shape index (κ1) is 14.9. The first-order chi connectivity index (χ1) is 9.15. The van der Waals surface area contributed by atoms with E-state index in [1.54, 1.807) is 0 Å². The molecular weight excluding hydrogens is 256 g/mol. The summed E-state index contributed by atoms with van der Waals surface area (Å²) in [5.74, 6) is 0.552. The number of aliphatic hydroxyl groups excluding tert-OH is 1. The van der Waals surface area contributed by atoms with E-state index in [1.165, 1.54) is 28.4 Å². The van der Waals surface area contributed by atoms with Crippen molar-refractivity contribution in [3.8, 4) is 0 Å². The van der Waals surface area contributed by atoms with Gasteiger partial charge in [-0.3, -0.25) is 0 Å². The van der Waals surface area contributed by atoms with E-state index in [4.69, 9.17) is 4.98 Å². The molecule has 19 heavy (non-hydrogen) atoms. The normalized spacial score (nSPS) is 20.6. The molecule has 0 saturated heterocycles. The number of aromatic nitrogens is 1. The Morgan fingerprint density at radius 1 is 1.47 bits per heavy atom. The maximum Gasteiger partial charge on any atom is 0.0928 e. The van der Waals surface area contributed by atoms with Crippen molar-refractivity contribution in [3.05, 3.63) is 15.6 Å². The van der Waals surface area contributed by atoms with Crippen LogP contribution in [0.3, 0.4) is 0 Å². The molecule has 2 unspecified atom stereocenters. The van der Waals surface area contributed by atoms with E-state index in [0.29, 0.717) is 18.0 Å². The third-order valence-electron chi connectivity index (χ3n) is 3.96. The summed E-state index contributed by atoms with van der Waals surface area (Å²) in [6.45, 7) is 6.89. The van der Waals surface area contributed by atoms with Crippen LogP contribution in [0.1, 0.15) is 61.7 Å². The van der Waals surface area contributed by atoms with Gasteiger partial charge in [-0.05, 0) is 38.0 Å². The molecule has 2 N–H and O–H groups in total. The van der Waals surface area contributed by atoms with Gasteiger partial charge in [-0.1, -0.05) is 20.8 Å². The molecule has 0 aliphatic heterocycles. The highest BCUT2D eigenvalue weighted by Crippen LogP contribution is 2.35. The van der Waals surface area contributed by atoms with Crippen molar-refractivity contribution in [2.45, 2.75) is 65.0 Å². The van der Waals surface area contributed by atoms with Crippen LogP contribution in [-0.2, 0) is 12.8 Å². The predicted octanol–water partition coefficient (Wildman–Crippen LogP) is 3.08. The lowest BCUT2D eigenvalue weighted by molar-refractivity contribution is 0.231. The SMILES string of the molecule is CCc1nc2c(s1)C(NC(CCO)C(C)C)CCC2. The minimum Gasteiger partial charge on any atom is -0.396 e. The molecule has 0 radical (unpaired) electrons. The lowest BCUT2D eigenvalue weighted by atomic mass is 9.94. The number of aliphatic hydroxyl groups is 1. The van der Waals surface area contributed by atoms with E-state index in [-0.39, 0.29) is 6.61 Å². The van der Waals surface area contributed by atoms with E-state index < -0.39 is 0 Å². The van der Waals surface area contributed by atoms with E-state index >= 15 is 0 Å². The molecule has 1 aromatic heterocycles. The molecule has 3 nitrogen and oxygen atoms in total. The van der Waals surface area contributed by atoms with Crippen LogP contribution < -0.4 is 5.32 Å². The first-order valence-corrected chi connectivity index (χ1v) is 8.32. The van der Waals surface area contributed by atoms with Gasteiger partial charge in [0.2, 0.25) is 0 Å². The summed E-state index contributed by atoms with van der Waals surface area (Å²) < 4.78 is 0. The zero-order chi connectivity index (χ0) is 13.8. The second-order valence-corrected chi connectivity index (χ2v) is 6.86. The van der Waals surface area contributed by atoms with Crippen LogP contribution in [-0.4, -0.2) is 22.7 Å². The van der Waals surface area contributed by atoms with Crippen LogP contribution >= 0.6 is 11.3 Å². The number of rotatable bonds is 6. The first-order valence-electron chi connectivity index (χ1n) is 7.51. The fourth-order valence-electron chi connectivity index (χ4n) is 2.79. The molecule has 1 aromatic rings. The third kappa shape index (κ3) is 3.56. The highest BCUT2D eigenvalue weighted by atomic mass is 32.1. The van der Waals surface area contributed by atoms with E-state index in [0.717, 1.165) is 19.3 Å². The van der Waals surface area contributed by atoms with Gasteiger partial charge in [0, 0.05) is 23.6 Å². The molecule has 4 heteroatoms. The van der Waals surface area contributed by atoms with Gasteiger partial charge in [-0.2, -0.15) is 0 Å². The second-order valence-electron chi connectivity index (χ2n) is 5.75. The molecule has 0 amide bonds. The van der Waals surface area contributed by atoms with Crippen LogP contribution in [0.4, 0.5) is 0 Å². The standard InChI is InChI=1S/C15H26N2OS/c1-4-14-17-13-7-5-6-12(15(13)19-14)16-11(8-9-18)10(2)3/h10-12,16,18H,4-9H2,1-3H3. The summed E-state index contributed by atoms with van der Waals surface area (Å²) in [7, 11) is 0. The average Bonchev–Trinajstić information content (AvgIpc) is 2.82. The fraction of sp³-hybridized carbons (Fsp3) is 0.800. The minimum atomic E-state index is 0.262. The van der Waals surface area contributed by atoms with Crippen molar-refractivity contribution in [2.75, 3.05) is 6.61 Å². The lowest BCUT2D eigenvalue weighted by Crippen LogP contribution is -2.38. The number of thiazole rings is 1. The monoisotopic (exact) mass is 282 g/mol. The van der Waals surface area contributed by atoms with Crippen LogP contribution in [0.5, 0.6) is 0 Å². The average molecular weight is 282 g/mol. The maximum absolute atomic E-state index is 9.20. The van der Waals surface area contributed by atoms with Gasteiger partial charge in [0.05, 0.1) is 10.7 Å². The van der Waals surface area contributed by atoms with Crippen molar-refractivity contribution < 1.29 is 5.11 Å². The van der Waals surface area contributed by atoms with Crippen LogP contribution in [0, 0.1) is 5.92 Å². The Labute approximate surface area is 120 Å². The summed E-state index contributed by atoms with van der Waals surface area (Å²) in [5, 5.41) is 14.2. The van der Waals surface area contributed by atoms with Gasteiger partial charge < -0.3 is 10.4 Å². The number of hydrogen-bond donors (Lipinski definition) is 2. The third-order valence-corrected chi connectivity index (χ3v) is 5.31. The molecule has 1 aliphatic carbocycles. The number of nitrogens with zero attached hydrogens (tertiary/aromatic N) is 1. The molecule has 2 atom stereocenters. The number of fused-ring (bicyclic) bond motifs is 1. The molecule has 0 bridgehead atoms. The van der Waals surface area contributed by atoms with E-state index in [9.17, 15) is 5.11 Å². The van der Waals surface area contributed by atoms with Crippen LogP contribution in [0.2, 0.25) is 0 Å². The highest BCUT2D eigenvalue weighted by molar-refractivity contribution is 7.11. The van der Waals surface area contributed by atoms with Gasteiger partial charge in [-0.15, -0.1) is 11.3 Å².